The van der Waals surface area contributed by atoms with Gasteiger partial charge in [-0.25, -0.2) is 0 Å². The lowest BCUT2D eigenvalue weighted by atomic mass is 9.78. The zero-order chi connectivity index (χ0) is 21.8. The lowest BCUT2D eigenvalue weighted by Crippen LogP contribution is -2.46. The van der Waals surface area contributed by atoms with Crippen molar-refractivity contribution in [1.29, 1.82) is 0 Å². The van der Waals surface area contributed by atoms with Crippen molar-refractivity contribution in [1.82, 2.24) is 0 Å². The highest BCUT2D eigenvalue weighted by atomic mass is 16.4. The average Bonchev–Trinajstić information content (AvgIpc) is 2.80. The third kappa shape index (κ3) is 4.84. The summed E-state index contributed by atoms with van der Waals surface area (Å²) in [7, 11) is 0. The molecule has 1 aliphatic heterocycles. The van der Waals surface area contributed by atoms with E-state index in [0.717, 1.165) is 50.4 Å². The molecule has 164 valence electrons. The Morgan fingerprint density at radius 2 is 1.48 bits per heavy atom. The summed E-state index contributed by atoms with van der Waals surface area (Å²) >= 11 is 0. The Balaban J connectivity index is 1.34. The number of rotatable bonds is 5. The molecule has 2 aromatic carbocycles. The third-order valence-electron chi connectivity index (χ3n) is 6.66. The number of carboxylic acids is 1. The van der Waals surface area contributed by atoms with E-state index in [1.807, 2.05) is 24.3 Å². The largest absolute Gasteiger partial charge is 0.481 e. The van der Waals surface area contributed by atoms with Gasteiger partial charge in [-0.15, -0.1) is 0 Å². The Morgan fingerprint density at radius 3 is 2.13 bits per heavy atom. The number of piperazine rings is 1. The number of nitrogens with one attached hydrogen (secondary N) is 1. The number of carbonyl (C=O) groups is 2. The molecule has 6 heteroatoms. The standard InChI is InChI=1S/C25H31N3O3/c1-18-6-2-5-9-23(18)28-16-14-27(15-17-28)20-12-10-19(11-13-20)26-24(29)21-7-3-4-8-22(21)25(30)31/h2,5-6,9-13,21-22H,3-4,7-8,14-17H2,1H3,(H,26,29)(H,30,31)/t21-,22-/m0/s1. The van der Waals surface area contributed by atoms with Crippen LogP contribution in [0.5, 0.6) is 0 Å². The molecule has 0 radical (unpaired) electrons. The zero-order valence-electron chi connectivity index (χ0n) is 18.1. The molecule has 1 amide bonds. The highest BCUT2D eigenvalue weighted by Crippen LogP contribution is 2.31. The van der Waals surface area contributed by atoms with Crippen molar-refractivity contribution in [3.63, 3.8) is 0 Å². The molecule has 2 atom stereocenters. The maximum absolute atomic E-state index is 12.7. The van der Waals surface area contributed by atoms with Gasteiger partial charge < -0.3 is 20.2 Å². The van der Waals surface area contributed by atoms with Crippen LogP contribution >= 0.6 is 0 Å². The zero-order valence-corrected chi connectivity index (χ0v) is 18.1. The van der Waals surface area contributed by atoms with E-state index < -0.39 is 17.8 Å². The number of aryl methyl sites for hydroxylation is 1. The fourth-order valence-corrected chi connectivity index (χ4v) is 4.85. The van der Waals surface area contributed by atoms with Crippen LogP contribution in [-0.2, 0) is 9.59 Å². The maximum Gasteiger partial charge on any atom is 0.307 e. The molecule has 2 aromatic rings. The fourth-order valence-electron chi connectivity index (χ4n) is 4.85. The van der Waals surface area contributed by atoms with Crippen molar-refractivity contribution < 1.29 is 14.7 Å². The van der Waals surface area contributed by atoms with Crippen LogP contribution < -0.4 is 15.1 Å². The SMILES string of the molecule is Cc1ccccc1N1CCN(c2ccc(NC(=O)[C@H]3CCCC[C@@H]3C(=O)O)cc2)CC1. The van der Waals surface area contributed by atoms with E-state index in [1.54, 1.807) is 0 Å². The third-order valence-corrected chi connectivity index (χ3v) is 6.66. The molecule has 0 unspecified atom stereocenters. The number of hydrogen-bond acceptors (Lipinski definition) is 4. The Labute approximate surface area is 183 Å². The molecule has 31 heavy (non-hydrogen) atoms. The summed E-state index contributed by atoms with van der Waals surface area (Å²) in [5.41, 5.74) is 4.48. The van der Waals surface area contributed by atoms with Gasteiger partial charge in [-0.3, -0.25) is 9.59 Å². The number of nitrogens with zero attached hydrogens (tertiary/aromatic N) is 2. The monoisotopic (exact) mass is 421 g/mol. The van der Waals surface area contributed by atoms with E-state index in [1.165, 1.54) is 11.3 Å². The van der Waals surface area contributed by atoms with E-state index in [9.17, 15) is 14.7 Å². The summed E-state index contributed by atoms with van der Waals surface area (Å²) in [4.78, 5) is 29.0. The van der Waals surface area contributed by atoms with Crippen LogP contribution in [0.3, 0.4) is 0 Å². The summed E-state index contributed by atoms with van der Waals surface area (Å²) in [6.07, 6.45) is 3.02. The molecule has 2 aliphatic rings. The predicted octanol–water partition coefficient (Wildman–Crippen LogP) is 4.15. The quantitative estimate of drug-likeness (QED) is 0.759. The predicted molar refractivity (Wildman–Crippen MR) is 124 cm³/mol. The molecular weight excluding hydrogens is 390 g/mol. The normalized spacial score (nSPS) is 21.6. The summed E-state index contributed by atoms with van der Waals surface area (Å²) in [5.74, 6) is -2.05. The lowest BCUT2D eigenvalue weighted by molar-refractivity contribution is -0.147. The molecular formula is C25H31N3O3. The number of hydrogen-bond donors (Lipinski definition) is 2. The van der Waals surface area contributed by atoms with Crippen molar-refractivity contribution in [2.24, 2.45) is 11.8 Å². The van der Waals surface area contributed by atoms with Gasteiger partial charge in [-0.2, -0.15) is 0 Å². The average molecular weight is 422 g/mol. The number of benzene rings is 2. The van der Waals surface area contributed by atoms with Gasteiger partial charge in [-0.05, 0) is 55.7 Å². The molecule has 0 aromatic heterocycles. The van der Waals surface area contributed by atoms with Crippen molar-refractivity contribution in [2.45, 2.75) is 32.6 Å². The second-order valence-corrected chi connectivity index (χ2v) is 8.63. The molecule has 1 aliphatic carbocycles. The minimum absolute atomic E-state index is 0.174. The van der Waals surface area contributed by atoms with E-state index in [0.29, 0.717) is 12.8 Å². The Morgan fingerprint density at radius 1 is 0.871 bits per heavy atom. The minimum atomic E-state index is -0.861. The molecule has 1 saturated heterocycles. The number of carbonyl (C=O) groups excluding carboxylic acids is 1. The van der Waals surface area contributed by atoms with E-state index in [2.05, 4.69) is 46.3 Å². The molecule has 2 fully saturated rings. The van der Waals surface area contributed by atoms with E-state index in [4.69, 9.17) is 0 Å². The van der Waals surface area contributed by atoms with Gasteiger partial charge in [0.2, 0.25) is 5.91 Å². The van der Waals surface area contributed by atoms with Crippen molar-refractivity contribution in [3.05, 3.63) is 54.1 Å². The number of amides is 1. The Bertz CT molecular complexity index is 920. The Kier molecular flexibility index (Phi) is 6.44. The Hall–Kier alpha value is -3.02. The van der Waals surface area contributed by atoms with Gasteiger partial charge >= 0.3 is 5.97 Å². The summed E-state index contributed by atoms with van der Waals surface area (Å²) < 4.78 is 0. The molecule has 1 heterocycles. The van der Waals surface area contributed by atoms with Crippen LogP contribution in [0, 0.1) is 18.8 Å². The highest BCUT2D eigenvalue weighted by molar-refractivity contribution is 5.95. The van der Waals surface area contributed by atoms with E-state index in [-0.39, 0.29) is 5.91 Å². The van der Waals surface area contributed by atoms with E-state index >= 15 is 0 Å². The van der Waals surface area contributed by atoms with Crippen molar-refractivity contribution in [3.8, 4) is 0 Å². The number of para-hydroxylation sites is 1. The van der Waals surface area contributed by atoms with Crippen LogP contribution in [-0.4, -0.2) is 43.2 Å². The minimum Gasteiger partial charge on any atom is -0.481 e. The topological polar surface area (TPSA) is 72.9 Å². The highest BCUT2D eigenvalue weighted by Gasteiger charge is 2.35. The van der Waals surface area contributed by atoms with Crippen LogP contribution in [0.1, 0.15) is 31.2 Å². The van der Waals surface area contributed by atoms with Gasteiger partial charge in [0.25, 0.3) is 0 Å². The van der Waals surface area contributed by atoms with Crippen LogP contribution in [0.15, 0.2) is 48.5 Å². The second kappa shape index (κ2) is 9.41. The first-order valence-corrected chi connectivity index (χ1v) is 11.2. The first-order chi connectivity index (χ1) is 15.0. The first kappa shape index (κ1) is 21.2. The number of carboxylic acid groups (broad SMARTS) is 1. The molecule has 0 bridgehead atoms. The van der Waals surface area contributed by atoms with Gasteiger partial charge in [0.1, 0.15) is 0 Å². The van der Waals surface area contributed by atoms with Gasteiger partial charge in [0, 0.05) is 43.2 Å². The fraction of sp³-hybridized carbons (Fsp3) is 0.440. The summed E-state index contributed by atoms with van der Waals surface area (Å²) in [6, 6.07) is 16.4. The van der Waals surface area contributed by atoms with Crippen molar-refractivity contribution in [2.75, 3.05) is 41.3 Å². The van der Waals surface area contributed by atoms with Crippen LogP contribution in [0.25, 0.3) is 0 Å². The summed E-state index contributed by atoms with van der Waals surface area (Å²) in [5, 5.41) is 12.4. The lowest BCUT2D eigenvalue weighted by Gasteiger charge is -2.38. The number of aliphatic carboxylic acids is 1. The van der Waals surface area contributed by atoms with Gasteiger partial charge in [0.05, 0.1) is 11.8 Å². The summed E-state index contributed by atoms with van der Waals surface area (Å²) in [6.45, 7) is 5.99. The molecule has 4 rings (SSSR count). The van der Waals surface area contributed by atoms with Crippen LogP contribution in [0.4, 0.5) is 17.1 Å². The molecule has 0 spiro atoms. The van der Waals surface area contributed by atoms with Crippen LogP contribution in [0.2, 0.25) is 0 Å². The molecule has 6 nitrogen and oxygen atoms in total. The smallest absolute Gasteiger partial charge is 0.307 e. The number of anilines is 3. The second-order valence-electron chi connectivity index (χ2n) is 8.63. The van der Waals surface area contributed by atoms with Gasteiger partial charge in [0.15, 0.2) is 0 Å². The molecule has 1 saturated carbocycles. The first-order valence-electron chi connectivity index (χ1n) is 11.2. The van der Waals surface area contributed by atoms with Crippen molar-refractivity contribution >= 4 is 28.9 Å². The maximum atomic E-state index is 12.7. The molecule has 2 N–H and O–H groups in total. The van der Waals surface area contributed by atoms with Gasteiger partial charge in [-0.1, -0.05) is 31.0 Å².